The lowest BCUT2D eigenvalue weighted by Crippen LogP contribution is -2.40. The molecule has 1 aromatic heterocycles. The van der Waals surface area contributed by atoms with Gasteiger partial charge in [-0.2, -0.15) is 0 Å². The van der Waals surface area contributed by atoms with Crippen molar-refractivity contribution in [3.63, 3.8) is 0 Å². The highest BCUT2D eigenvalue weighted by Gasteiger charge is 2.18. The van der Waals surface area contributed by atoms with Crippen LogP contribution >= 0.6 is 0 Å². The summed E-state index contributed by atoms with van der Waals surface area (Å²) in [6.45, 7) is 3.44. The lowest BCUT2D eigenvalue weighted by Gasteiger charge is -2.11. The Kier molecular flexibility index (Phi) is 4.20. The highest BCUT2D eigenvalue weighted by molar-refractivity contribution is 5.96. The first kappa shape index (κ1) is 11.9. The van der Waals surface area contributed by atoms with E-state index in [4.69, 9.17) is 5.11 Å². The van der Waals surface area contributed by atoms with Gasteiger partial charge in [-0.05, 0) is 18.6 Å². The van der Waals surface area contributed by atoms with Crippen LogP contribution in [0, 0.1) is 0 Å². The molecule has 1 heterocycles. The quantitative estimate of drug-likeness (QED) is 0.721. The zero-order valence-electron chi connectivity index (χ0n) is 8.59. The van der Waals surface area contributed by atoms with E-state index < -0.39 is 17.9 Å². The van der Waals surface area contributed by atoms with E-state index in [0.717, 1.165) is 0 Å². The predicted molar refractivity (Wildman–Crippen MR) is 57.9 cm³/mol. The first-order valence-corrected chi connectivity index (χ1v) is 4.69. The van der Waals surface area contributed by atoms with E-state index in [0.29, 0.717) is 5.56 Å². The normalized spacial score (nSPS) is 11.5. The second-order valence-electron chi connectivity index (χ2n) is 3.13. The molecular formula is C11H12N2O3. The summed E-state index contributed by atoms with van der Waals surface area (Å²) in [6, 6.07) is 2.22. The van der Waals surface area contributed by atoms with Crippen molar-refractivity contribution in [1.82, 2.24) is 10.3 Å². The summed E-state index contributed by atoms with van der Waals surface area (Å²) in [5.41, 5.74) is 0.331. The van der Waals surface area contributed by atoms with Crippen molar-refractivity contribution in [2.45, 2.75) is 12.5 Å². The van der Waals surface area contributed by atoms with Gasteiger partial charge in [-0.25, -0.2) is 4.79 Å². The third-order valence-electron chi connectivity index (χ3n) is 1.93. The molecule has 0 aliphatic rings. The Balaban J connectivity index is 2.69. The van der Waals surface area contributed by atoms with Crippen LogP contribution in [-0.2, 0) is 4.79 Å². The number of carboxylic acids is 1. The van der Waals surface area contributed by atoms with Crippen LogP contribution in [0.5, 0.6) is 0 Å². The van der Waals surface area contributed by atoms with Gasteiger partial charge in [0.15, 0.2) is 0 Å². The smallest absolute Gasteiger partial charge is 0.326 e. The third kappa shape index (κ3) is 3.20. The zero-order chi connectivity index (χ0) is 12.0. The molecule has 0 saturated carbocycles. The van der Waals surface area contributed by atoms with E-state index in [2.05, 4.69) is 16.9 Å². The Morgan fingerprint density at radius 2 is 2.38 bits per heavy atom. The highest BCUT2D eigenvalue weighted by Crippen LogP contribution is 1.99. The van der Waals surface area contributed by atoms with E-state index >= 15 is 0 Å². The number of aromatic nitrogens is 1. The topological polar surface area (TPSA) is 79.3 Å². The molecule has 0 unspecified atom stereocenters. The molecule has 0 spiro atoms. The van der Waals surface area contributed by atoms with E-state index in [1.807, 2.05) is 0 Å². The molecule has 2 N–H and O–H groups in total. The van der Waals surface area contributed by atoms with Crippen molar-refractivity contribution in [3.8, 4) is 0 Å². The Morgan fingerprint density at radius 1 is 1.62 bits per heavy atom. The summed E-state index contributed by atoms with van der Waals surface area (Å²) in [4.78, 5) is 26.1. The molecule has 0 radical (unpaired) electrons. The minimum Gasteiger partial charge on any atom is -0.480 e. The molecule has 0 saturated heterocycles. The number of hydrogen-bond acceptors (Lipinski definition) is 3. The monoisotopic (exact) mass is 220 g/mol. The second-order valence-corrected chi connectivity index (χ2v) is 3.13. The number of carbonyl (C=O) groups excluding carboxylic acids is 1. The molecule has 84 valence electrons. The molecule has 0 aliphatic carbocycles. The summed E-state index contributed by atoms with van der Waals surface area (Å²) < 4.78 is 0. The fraction of sp³-hybridized carbons (Fsp3) is 0.182. The fourth-order valence-corrected chi connectivity index (χ4v) is 1.13. The molecule has 0 aromatic carbocycles. The maximum atomic E-state index is 11.6. The molecule has 16 heavy (non-hydrogen) atoms. The number of rotatable bonds is 5. The number of carboxylic acid groups (broad SMARTS) is 1. The van der Waals surface area contributed by atoms with Gasteiger partial charge in [0.05, 0.1) is 5.56 Å². The first-order chi connectivity index (χ1) is 7.65. The molecule has 5 heteroatoms. The number of carbonyl (C=O) groups is 2. The van der Waals surface area contributed by atoms with Crippen molar-refractivity contribution < 1.29 is 14.7 Å². The van der Waals surface area contributed by atoms with E-state index in [-0.39, 0.29) is 6.42 Å². The van der Waals surface area contributed by atoms with Gasteiger partial charge in [0.25, 0.3) is 5.91 Å². The van der Waals surface area contributed by atoms with Gasteiger partial charge >= 0.3 is 5.97 Å². The van der Waals surface area contributed by atoms with Crippen LogP contribution in [0.2, 0.25) is 0 Å². The number of pyridine rings is 1. The third-order valence-corrected chi connectivity index (χ3v) is 1.93. The Bertz CT molecular complexity index is 389. The Labute approximate surface area is 92.8 Å². The largest absolute Gasteiger partial charge is 0.480 e. The van der Waals surface area contributed by atoms with Gasteiger partial charge in [-0.1, -0.05) is 6.08 Å². The maximum Gasteiger partial charge on any atom is 0.326 e. The average Bonchev–Trinajstić information content (AvgIpc) is 2.29. The Morgan fingerprint density at radius 3 is 2.88 bits per heavy atom. The highest BCUT2D eigenvalue weighted by atomic mass is 16.4. The second kappa shape index (κ2) is 5.65. The van der Waals surface area contributed by atoms with Crippen LogP contribution in [-0.4, -0.2) is 28.0 Å². The van der Waals surface area contributed by atoms with Gasteiger partial charge in [-0.15, -0.1) is 6.58 Å². The number of aliphatic carboxylic acids is 1. The van der Waals surface area contributed by atoms with Crippen LogP contribution in [0.3, 0.4) is 0 Å². The molecule has 0 aliphatic heterocycles. The summed E-state index contributed by atoms with van der Waals surface area (Å²) in [7, 11) is 0. The lowest BCUT2D eigenvalue weighted by atomic mass is 10.2. The van der Waals surface area contributed by atoms with Gasteiger partial charge < -0.3 is 10.4 Å². The van der Waals surface area contributed by atoms with Gasteiger partial charge in [0, 0.05) is 12.4 Å². The van der Waals surface area contributed by atoms with Crippen molar-refractivity contribution in [2.24, 2.45) is 0 Å². The van der Waals surface area contributed by atoms with E-state index in [9.17, 15) is 9.59 Å². The number of amides is 1. The minimum absolute atomic E-state index is 0.182. The van der Waals surface area contributed by atoms with Crippen LogP contribution in [0.25, 0.3) is 0 Å². The molecule has 5 nitrogen and oxygen atoms in total. The summed E-state index contributed by atoms with van der Waals surface area (Å²) in [5, 5.41) is 11.2. The SMILES string of the molecule is C=CC[C@@H](NC(=O)c1cccnc1)C(=O)O. The molecule has 0 fully saturated rings. The molecule has 1 atom stereocenters. The van der Waals surface area contributed by atoms with Crippen molar-refractivity contribution in [2.75, 3.05) is 0 Å². The summed E-state index contributed by atoms with van der Waals surface area (Å²) in [6.07, 6.45) is 4.54. The van der Waals surface area contributed by atoms with Crippen LogP contribution in [0.15, 0.2) is 37.2 Å². The predicted octanol–water partition coefficient (Wildman–Crippen LogP) is 0.841. The van der Waals surface area contributed by atoms with Crippen molar-refractivity contribution >= 4 is 11.9 Å². The average molecular weight is 220 g/mol. The molecule has 1 aromatic rings. The summed E-state index contributed by atoms with van der Waals surface area (Å²) in [5.74, 6) is -1.54. The van der Waals surface area contributed by atoms with Gasteiger partial charge in [0.1, 0.15) is 6.04 Å². The summed E-state index contributed by atoms with van der Waals surface area (Å²) >= 11 is 0. The minimum atomic E-state index is -1.09. The Hall–Kier alpha value is -2.17. The maximum absolute atomic E-state index is 11.6. The van der Waals surface area contributed by atoms with Crippen LogP contribution in [0.4, 0.5) is 0 Å². The van der Waals surface area contributed by atoms with E-state index in [1.54, 1.807) is 12.1 Å². The fourth-order valence-electron chi connectivity index (χ4n) is 1.13. The van der Waals surface area contributed by atoms with Crippen LogP contribution in [0.1, 0.15) is 16.8 Å². The number of nitrogens with one attached hydrogen (secondary N) is 1. The van der Waals surface area contributed by atoms with Crippen LogP contribution < -0.4 is 5.32 Å². The van der Waals surface area contributed by atoms with E-state index in [1.165, 1.54) is 18.5 Å². The standard InChI is InChI=1S/C11H12N2O3/c1-2-4-9(11(15)16)13-10(14)8-5-3-6-12-7-8/h2-3,5-7,9H,1,4H2,(H,13,14)(H,15,16)/t9-/m1/s1. The van der Waals surface area contributed by atoms with Crippen molar-refractivity contribution in [1.29, 1.82) is 0 Å². The van der Waals surface area contributed by atoms with Gasteiger partial charge in [0.2, 0.25) is 0 Å². The molecule has 0 bridgehead atoms. The molecule has 1 rings (SSSR count). The first-order valence-electron chi connectivity index (χ1n) is 4.69. The zero-order valence-corrected chi connectivity index (χ0v) is 8.59. The van der Waals surface area contributed by atoms with Gasteiger partial charge in [-0.3, -0.25) is 9.78 Å². The molecule has 1 amide bonds. The number of hydrogen-bond donors (Lipinski definition) is 2. The van der Waals surface area contributed by atoms with Crippen molar-refractivity contribution in [3.05, 3.63) is 42.7 Å². The molecular weight excluding hydrogens is 208 g/mol. The lowest BCUT2D eigenvalue weighted by molar-refractivity contribution is -0.139. The number of nitrogens with zero attached hydrogens (tertiary/aromatic N) is 1.